The molecule has 0 aromatic heterocycles. The minimum Gasteiger partial charge on any atom is -0.380 e. The first-order valence-electron chi connectivity index (χ1n) is 8.47. The molecule has 0 bridgehead atoms. The standard InChI is InChI=1S/C18H32N4O/c1-5-19-18(20-12-13-23-6-2)21-15-17(22(3)4)14-16-10-8-7-9-11-16/h7-11,17H,5-6,12-15H2,1-4H3,(H2,19,20,21). The molecule has 0 aliphatic rings. The Morgan fingerprint density at radius 3 is 2.52 bits per heavy atom. The van der Waals surface area contributed by atoms with E-state index in [1.807, 2.05) is 6.92 Å². The van der Waals surface area contributed by atoms with E-state index in [1.165, 1.54) is 5.56 Å². The number of guanidine groups is 1. The van der Waals surface area contributed by atoms with Gasteiger partial charge in [0.15, 0.2) is 5.96 Å². The number of hydrogen-bond acceptors (Lipinski definition) is 3. The molecule has 0 heterocycles. The first kappa shape index (κ1) is 19.5. The van der Waals surface area contributed by atoms with Crippen LogP contribution >= 0.6 is 0 Å². The predicted molar refractivity (Wildman–Crippen MR) is 98.1 cm³/mol. The number of nitrogens with zero attached hydrogens (tertiary/aromatic N) is 2. The zero-order valence-corrected chi connectivity index (χ0v) is 15.0. The van der Waals surface area contributed by atoms with Crippen molar-refractivity contribution < 1.29 is 4.74 Å². The van der Waals surface area contributed by atoms with E-state index in [2.05, 4.69) is 66.9 Å². The zero-order chi connectivity index (χ0) is 16.9. The molecule has 2 N–H and O–H groups in total. The predicted octanol–water partition coefficient (Wildman–Crippen LogP) is 1.75. The number of rotatable bonds is 10. The highest BCUT2D eigenvalue weighted by Gasteiger charge is 2.12. The SMILES string of the molecule is CCNC(=NCC(Cc1ccccc1)N(C)C)NCCOCC. The summed E-state index contributed by atoms with van der Waals surface area (Å²) in [5, 5.41) is 6.59. The van der Waals surface area contributed by atoms with Crippen molar-refractivity contribution in [2.45, 2.75) is 26.3 Å². The molecule has 5 heteroatoms. The van der Waals surface area contributed by atoms with Gasteiger partial charge in [0.2, 0.25) is 0 Å². The number of aliphatic imine (C=N–C) groups is 1. The van der Waals surface area contributed by atoms with Crippen LogP contribution in [0.15, 0.2) is 35.3 Å². The fourth-order valence-electron chi connectivity index (χ4n) is 2.22. The monoisotopic (exact) mass is 320 g/mol. The topological polar surface area (TPSA) is 48.9 Å². The van der Waals surface area contributed by atoms with Crippen LogP contribution in [0.1, 0.15) is 19.4 Å². The van der Waals surface area contributed by atoms with Gasteiger partial charge in [-0.1, -0.05) is 30.3 Å². The molecule has 0 fully saturated rings. The second kappa shape index (κ2) is 11.9. The quantitative estimate of drug-likeness (QED) is 0.392. The van der Waals surface area contributed by atoms with Crippen LogP contribution in [-0.2, 0) is 11.2 Å². The van der Waals surface area contributed by atoms with Gasteiger partial charge in [-0.25, -0.2) is 0 Å². The van der Waals surface area contributed by atoms with E-state index in [-0.39, 0.29) is 0 Å². The maximum atomic E-state index is 5.35. The van der Waals surface area contributed by atoms with Gasteiger partial charge in [0.1, 0.15) is 0 Å². The van der Waals surface area contributed by atoms with Crippen molar-refractivity contribution in [1.29, 1.82) is 0 Å². The summed E-state index contributed by atoms with van der Waals surface area (Å²) in [5.74, 6) is 0.854. The Labute approximate surface area is 141 Å². The minimum atomic E-state index is 0.375. The molecular formula is C18H32N4O. The van der Waals surface area contributed by atoms with Gasteiger partial charge < -0.3 is 20.3 Å². The number of hydrogen-bond donors (Lipinski definition) is 2. The number of ether oxygens (including phenoxy) is 1. The number of nitrogens with one attached hydrogen (secondary N) is 2. The molecule has 1 atom stereocenters. The Kier molecular flexibility index (Phi) is 10.1. The molecule has 0 saturated heterocycles. The molecule has 5 nitrogen and oxygen atoms in total. The van der Waals surface area contributed by atoms with Crippen LogP contribution in [0, 0.1) is 0 Å². The second-order valence-electron chi connectivity index (χ2n) is 5.65. The van der Waals surface area contributed by atoms with E-state index in [9.17, 15) is 0 Å². The van der Waals surface area contributed by atoms with Crippen LogP contribution in [-0.4, -0.2) is 63.8 Å². The third kappa shape index (κ3) is 8.57. The lowest BCUT2D eigenvalue weighted by molar-refractivity contribution is 0.152. The molecule has 130 valence electrons. The van der Waals surface area contributed by atoms with Crippen LogP contribution in [0.4, 0.5) is 0 Å². The largest absolute Gasteiger partial charge is 0.380 e. The lowest BCUT2D eigenvalue weighted by Gasteiger charge is -2.23. The van der Waals surface area contributed by atoms with Crippen molar-refractivity contribution in [2.75, 3.05) is 46.9 Å². The summed E-state index contributed by atoms with van der Waals surface area (Å²) >= 11 is 0. The Hall–Kier alpha value is -1.59. The highest BCUT2D eigenvalue weighted by Crippen LogP contribution is 2.07. The van der Waals surface area contributed by atoms with E-state index >= 15 is 0 Å². The molecule has 0 aliphatic heterocycles. The van der Waals surface area contributed by atoms with Gasteiger partial charge >= 0.3 is 0 Å². The Morgan fingerprint density at radius 1 is 1.17 bits per heavy atom. The van der Waals surface area contributed by atoms with Gasteiger partial charge in [0.25, 0.3) is 0 Å². The summed E-state index contributed by atoms with van der Waals surface area (Å²) < 4.78 is 5.35. The summed E-state index contributed by atoms with van der Waals surface area (Å²) in [6, 6.07) is 10.9. The first-order chi connectivity index (χ1) is 11.2. The molecule has 0 saturated carbocycles. The molecule has 1 aromatic carbocycles. The first-order valence-corrected chi connectivity index (χ1v) is 8.47. The van der Waals surface area contributed by atoms with E-state index in [0.29, 0.717) is 12.6 Å². The number of likely N-dealkylation sites (N-methyl/N-ethyl adjacent to an activating group) is 1. The van der Waals surface area contributed by atoms with Crippen LogP contribution in [0.5, 0.6) is 0 Å². The molecule has 1 aromatic rings. The zero-order valence-electron chi connectivity index (χ0n) is 15.0. The summed E-state index contributed by atoms with van der Waals surface area (Å²) in [5.41, 5.74) is 1.34. The summed E-state index contributed by atoms with van der Waals surface area (Å²) in [4.78, 5) is 6.96. The van der Waals surface area contributed by atoms with E-state index < -0.39 is 0 Å². The molecular weight excluding hydrogens is 288 g/mol. The van der Waals surface area contributed by atoms with Crippen LogP contribution in [0.2, 0.25) is 0 Å². The molecule has 0 amide bonds. The highest BCUT2D eigenvalue weighted by molar-refractivity contribution is 5.79. The highest BCUT2D eigenvalue weighted by atomic mass is 16.5. The van der Waals surface area contributed by atoms with Crippen LogP contribution in [0.25, 0.3) is 0 Å². The van der Waals surface area contributed by atoms with Crippen molar-refractivity contribution in [3.05, 3.63) is 35.9 Å². The van der Waals surface area contributed by atoms with E-state index in [1.54, 1.807) is 0 Å². The van der Waals surface area contributed by atoms with Crippen molar-refractivity contribution in [1.82, 2.24) is 15.5 Å². The average molecular weight is 320 g/mol. The summed E-state index contributed by atoms with van der Waals surface area (Å²) in [6.45, 7) is 7.90. The van der Waals surface area contributed by atoms with Gasteiger partial charge in [-0.15, -0.1) is 0 Å². The normalized spacial score (nSPS) is 13.2. The van der Waals surface area contributed by atoms with Gasteiger partial charge in [-0.05, 0) is 39.9 Å². The third-order valence-corrected chi connectivity index (χ3v) is 3.59. The fourth-order valence-corrected chi connectivity index (χ4v) is 2.22. The van der Waals surface area contributed by atoms with Gasteiger partial charge in [-0.2, -0.15) is 0 Å². The summed E-state index contributed by atoms with van der Waals surface area (Å²) in [7, 11) is 4.22. The van der Waals surface area contributed by atoms with Crippen molar-refractivity contribution in [3.8, 4) is 0 Å². The Morgan fingerprint density at radius 2 is 1.91 bits per heavy atom. The molecule has 1 rings (SSSR count). The van der Waals surface area contributed by atoms with E-state index in [0.717, 1.165) is 38.6 Å². The van der Waals surface area contributed by atoms with Gasteiger partial charge in [0.05, 0.1) is 13.2 Å². The fraction of sp³-hybridized carbons (Fsp3) is 0.611. The maximum absolute atomic E-state index is 5.35. The minimum absolute atomic E-state index is 0.375. The van der Waals surface area contributed by atoms with Crippen LogP contribution < -0.4 is 10.6 Å². The average Bonchev–Trinajstić information content (AvgIpc) is 2.55. The van der Waals surface area contributed by atoms with Crippen molar-refractivity contribution in [2.24, 2.45) is 4.99 Å². The smallest absolute Gasteiger partial charge is 0.191 e. The lowest BCUT2D eigenvalue weighted by atomic mass is 10.1. The maximum Gasteiger partial charge on any atom is 0.191 e. The van der Waals surface area contributed by atoms with Gasteiger partial charge in [-0.3, -0.25) is 4.99 Å². The van der Waals surface area contributed by atoms with Crippen molar-refractivity contribution in [3.63, 3.8) is 0 Å². The molecule has 0 radical (unpaired) electrons. The lowest BCUT2D eigenvalue weighted by Crippen LogP contribution is -2.41. The Balaban J connectivity index is 2.57. The molecule has 0 aliphatic carbocycles. The van der Waals surface area contributed by atoms with Crippen LogP contribution in [0.3, 0.4) is 0 Å². The molecule has 0 spiro atoms. The third-order valence-electron chi connectivity index (χ3n) is 3.59. The molecule has 1 unspecified atom stereocenters. The second-order valence-corrected chi connectivity index (χ2v) is 5.65. The van der Waals surface area contributed by atoms with Gasteiger partial charge in [0, 0.05) is 25.7 Å². The number of benzene rings is 1. The Bertz CT molecular complexity index is 434. The van der Waals surface area contributed by atoms with E-state index in [4.69, 9.17) is 9.73 Å². The van der Waals surface area contributed by atoms with Crippen molar-refractivity contribution >= 4 is 5.96 Å². The molecule has 23 heavy (non-hydrogen) atoms. The summed E-state index contributed by atoms with van der Waals surface area (Å²) in [6.07, 6.45) is 0.996.